The summed E-state index contributed by atoms with van der Waals surface area (Å²) in [4.78, 5) is 0. The summed E-state index contributed by atoms with van der Waals surface area (Å²) in [7, 11) is 0. The minimum absolute atomic E-state index is 0.229. The number of nitrogens with one attached hydrogen (secondary N) is 2. The van der Waals surface area contributed by atoms with Gasteiger partial charge in [0.05, 0.1) is 11.4 Å². The summed E-state index contributed by atoms with van der Waals surface area (Å²) < 4.78 is 0. The summed E-state index contributed by atoms with van der Waals surface area (Å²) in [5.41, 5.74) is 3.70. The van der Waals surface area contributed by atoms with E-state index in [4.69, 9.17) is 0 Å². The monoisotopic (exact) mass is 228 g/mol. The lowest BCUT2D eigenvalue weighted by atomic mass is 10.1. The molecule has 0 amide bonds. The van der Waals surface area contributed by atoms with E-state index >= 15 is 0 Å². The second-order valence-corrected chi connectivity index (χ2v) is 4.05. The van der Waals surface area contributed by atoms with Gasteiger partial charge in [0, 0.05) is 18.3 Å². The number of aromatic hydroxyl groups is 2. The van der Waals surface area contributed by atoms with Crippen molar-refractivity contribution in [2.75, 3.05) is 10.6 Å². The van der Waals surface area contributed by atoms with E-state index < -0.39 is 0 Å². The number of phenols is 2. The largest absolute Gasteiger partial charge is 0.508 e. The van der Waals surface area contributed by atoms with E-state index in [1.54, 1.807) is 24.3 Å². The van der Waals surface area contributed by atoms with Crippen molar-refractivity contribution in [1.29, 1.82) is 0 Å². The molecule has 0 fully saturated rings. The van der Waals surface area contributed by atoms with Gasteiger partial charge < -0.3 is 20.8 Å². The molecule has 2 aromatic rings. The van der Waals surface area contributed by atoms with Gasteiger partial charge in [0.2, 0.25) is 0 Å². The van der Waals surface area contributed by atoms with E-state index in [-0.39, 0.29) is 11.5 Å². The van der Waals surface area contributed by atoms with Crippen LogP contribution in [0.2, 0.25) is 0 Å². The van der Waals surface area contributed by atoms with Crippen molar-refractivity contribution in [3.05, 3.63) is 42.0 Å². The predicted molar refractivity (Wildman–Crippen MR) is 66.8 cm³/mol. The van der Waals surface area contributed by atoms with Gasteiger partial charge in [-0.1, -0.05) is 0 Å². The zero-order chi connectivity index (χ0) is 11.8. The number of benzene rings is 2. The molecule has 0 radical (unpaired) electrons. The molecule has 0 aromatic heterocycles. The van der Waals surface area contributed by atoms with Gasteiger partial charge >= 0.3 is 0 Å². The van der Waals surface area contributed by atoms with Gasteiger partial charge in [-0.2, -0.15) is 0 Å². The molecule has 4 nitrogen and oxygen atoms in total. The average Bonchev–Trinajstić information content (AvgIpc) is 2.48. The van der Waals surface area contributed by atoms with Crippen LogP contribution in [0.15, 0.2) is 36.4 Å². The highest BCUT2D eigenvalue weighted by molar-refractivity contribution is 5.79. The van der Waals surface area contributed by atoms with Gasteiger partial charge in [-0.3, -0.25) is 0 Å². The molecular weight excluding hydrogens is 216 g/mol. The standard InChI is InChI=1S/C13H12N2O2/c16-9-1-3-11-8(5-9)7-14-13-6-10(17)2-4-12(13)15-11/h1-6,14-17H,7H2. The van der Waals surface area contributed by atoms with Crippen LogP contribution in [-0.2, 0) is 6.54 Å². The number of hydrogen-bond donors (Lipinski definition) is 4. The van der Waals surface area contributed by atoms with E-state index in [1.165, 1.54) is 0 Å². The minimum Gasteiger partial charge on any atom is -0.508 e. The molecule has 17 heavy (non-hydrogen) atoms. The molecule has 0 bridgehead atoms. The summed E-state index contributed by atoms with van der Waals surface area (Å²) in [5.74, 6) is 0.480. The highest BCUT2D eigenvalue weighted by Gasteiger charge is 2.12. The molecule has 1 heterocycles. The molecule has 1 aliphatic heterocycles. The number of rotatable bonds is 0. The molecule has 0 saturated heterocycles. The SMILES string of the molecule is Oc1ccc2c(c1)CNc1cc(O)ccc1N2. The summed E-state index contributed by atoms with van der Waals surface area (Å²) in [6.07, 6.45) is 0. The lowest BCUT2D eigenvalue weighted by molar-refractivity contribution is 0.474. The number of fused-ring (bicyclic) bond motifs is 2. The maximum atomic E-state index is 9.45. The first-order valence-electron chi connectivity index (χ1n) is 5.38. The van der Waals surface area contributed by atoms with Gasteiger partial charge in [0.15, 0.2) is 0 Å². The van der Waals surface area contributed by atoms with E-state index in [2.05, 4.69) is 10.6 Å². The van der Waals surface area contributed by atoms with E-state index in [0.29, 0.717) is 6.54 Å². The normalized spacial score (nSPS) is 12.7. The Hall–Kier alpha value is -2.36. The zero-order valence-electron chi connectivity index (χ0n) is 9.07. The van der Waals surface area contributed by atoms with Gasteiger partial charge in [0.25, 0.3) is 0 Å². The highest BCUT2D eigenvalue weighted by Crippen LogP contribution is 2.35. The van der Waals surface area contributed by atoms with Crippen LogP contribution in [0.4, 0.5) is 17.1 Å². The third-order valence-electron chi connectivity index (χ3n) is 2.83. The van der Waals surface area contributed by atoms with Crippen LogP contribution in [0.3, 0.4) is 0 Å². The maximum absolute atomic E-state index is 9.45. The fourth-order valence-electron chi connectivity index (χ4n) is 1.97. The molecule has 1 aliphatic rings. The topological polar surface area (TPSA) is 64.5 Å². The fraction of sp³-hybridized carbons (Fsp3) is 0.0769. The summed E-state index contributed by atoms with van der Waals surface area (Å²) in [5, 5.41) is 25.4. The molecule has 86 valence electrons. The van der Waals surface area contributed by atoms with E-state index in [0.717, 1.165) is 22.6 Å². The second kappa shape index (κ2) is 3.59. The molecule has 0 atom stereocenters. The van der Waals surface area contributed by atoms with Crippen molar-refractivity contribution in [1.82, 2.24) is 0 Å². The van der Waals surface area contributed by atoms with Crippen molar-refractivity contribution in [3.8, 4) is 11.5 Å². The third kappa shape index (κ3) is 1.73. The fourth-order valence-corrected chi connectivity index (χ4v) is 1.97. The second-order valence-electron chi connectivity index (χ2n) is 4.05. The summed E-state index contributed by atoms with van der Waals surface area (Å²) in [6, 6.07) is 10.3. The van der Waals surface area contributed by atoms with Crippen molar-refractivity contribution in [2.45, 2.75) is 6.54 Å². The van der Waals surface area contributed by atoms with Gasteiger partial charge in [-0.15, -0.1) is 0 Å². The van der Waals surface area contributed by atoms with Crippen molar-refractivity contribution in [3.63, 3.8) is 0 Å². The Kier molecular flexibility index (Phi) is 2.08. The number of phenolic OH excluding ortho intramolecular Hbond substituents is 2. The van der Waals surface area contributed by atoms with Crippen LogP contribution in [0, 0.1) is 0 Å². The Balaban J connectivity index is 2.07. The Morgan fingerprint density at radius 1 is 0.824 bits per heavy atom. The summed E-state index contributed by atoms with van der Waals surface area (Å²) >= 11 is 0. The van der Waals surface area contributed by atoms with Crippen LogP contribution >= 0.6 is 0 Å². The molecule has 0 saturated carbocycles. The Morgan fingerprint density at radius 3 is 2.35 bits per heavy atom. The third-order valence-corrected chi connectivity index (χ3v) is 2.83. The zero-order valence-corrected chi connectivity index (χ0v) is 9.07. The minimum atomic E-state index is 0.229. The number of hydrogen-bond acceptors (Lipinski definition) is 4. The molecular formula is C13H12N2O2. The highest BCUT2D eigenvalue weighted by atomic mass is 16.3. The molecule has 0 aliphatic carbocycles. The molecule has 0 unspecified atom stereocenters. The molecule has 0 spiro atoms. The van der Waals surface area contributed by atoms with E-state index in [1.807, 2.05) is 12.1 Å². The Bertz CT molecular complexity index is 530. The van der Waals surface area contributed by atoms with Crippen molar-refractivity contribution >= 4 is 17.1 Å². The first-order chi connectivity index (χ1) is 8.22. The molecule has 3 rings (SSSR count). The first-order valence-corrected chi connectivity index (χ1v) is 5.38. The lowest BCUT2D eigenvalue weighted by Gasteiger charge is -2.09. The van der Waals surface area contributed by atoms with Crippen LogP contribution in [0.1, 0.15) is 5.56 Å². The predicted octanol–water partition coefficient (Wildman–Crippen LogP) is 2.77. The van der Waals surface area contributed by atoms with Crippen LogP contribution in [0.25, 0.3) is 0 Å². The molecule has 4 N–H and O–H groups in total. The lowest BCUT2D eigenvalue weighted by Crippen LogP contribution is -1.97. The van der Waals surface area contributed by atoms with Crippen molar-refractivity contribution in [2.24, 2.45) is 0 Å². The average molecular weight is 228 g/mol. The van der Waals surface area contributed by atoms with Crippen molar-refractivity contribution < 1.29 is 10.2 Å². The van der Waals surface area contributed by atoms with Crippen LogP contribution < -0.4 is 10.6 Å². The van der Waals surface area contributed by atoms with Gasteiger partial charge in [-0.05, 0) is 35.9 Å². The Morgan fingerprint density at radius 2 is 1.53 bits per heavy atom. The smallest absolute Gasteiger partial charge is 0.117 e. The number of anilines is 3. The van der Waals surface area contributed by atoms with E-state index in [9.17, 15) is 10.2 Å². The van der Waals surface area contributed by atoms with Crippen LogP contribution in [-0.4, -0.2) is 10.2 Å². The first kappa shape index (κ1) is 9.84. The molecule has 2 aromatic carbocycles. The summed E-state index contributed by atoms with van der Waals surface area (Å²) in [6.45, 7) is 0.604. The Labute approximate surface area is 98.5 Å². The van der Waals surface area contributed by atoms with Crippen LogP contribution in [0.5, 0.6) is 11.5 Å². The van der Waals surface area contributed by atoms with Gasteiger partial charge in [-0.25, -0.2) is 0 Å². The maximum Gasteiger partial charge on any atom is 0.117 e. The molecule has 4 heteroatoms. The van der Waals surface area contributed by atoms with Gasteiger partial charge in [0.1, 0.15) is 11.5 Å². The quantitative estimate of drug-likeness (QED) is 0.523.